The van der Waals surface area contributed by atoms with Gasteiger partial charge in [0, 0.05) is 0 Å². The molecule has 0 aromatic heterocycles. The van der Waals surface area contributed by atoms with Crippen LogP contribution in [-0.4, -0.2) is 0 Å². The van der Waals surface area contributed by atoms with Crippen LogP contribution in [0.1, 0.15) is 5.56 Å². The van der Waals surface area contributed by atoms with Gasteiger partial charge in [0.2, 0.25) is 0 Å². The van der Waals surface area contributed by atoms with Gasteiger partial charge in [0.05, 0.1) is 0 Å². The smallest absolute Gasteiger partial charge is 0.00639 e. The molecule has 0 bridgehead atoms. The summed E-state index contributed by atoms with van der Waals surface area (Å²) < 4.78 is 0. The summed E-state index contributed by atoms with van der Waals surface area (Å²) in [5, 5.41) is 7.93. The largest absolute Gasteiger partial charge is 0.0790 e. The molecule has 0 fully saturated rings. The van der Waals surface area contributed by atoms with Crippen molar-refractivity contribution in [1.29, 1.82) is 0 Å². The molecular weight excluding hydrogens is 451 g/mol. The predicted octanol–water partition coefficient (Wildman–Crippen LogP) is 8.85. The Bertz CT molecular complexity index is 1600. The Balaban J connectivity index is 1.45. The van der Waals surface area contributed by atoms with E-state index in [1.807, 2.05) is 0 Å². The van der Waals surface area contributed by atoms with Gasteiger partial charge in [-0.2, -0.15) is 0 Å². The Hall–Kier alpha value is -3.99. The first-order valence-electron chi connectivity index (χ1n) is 12.4. The van der Waals surface area contributed by atoms with Crippen molar-refractivity contribution in [1.82, 2.24) is 0 Å². The molecule has 0 unspecified atom stereocenters. The number of hydrogen-bond acceptors (Lipinski definition) is 0. The molecule has 0 N–H and O–H groups in total. The highest BCUT2D eigenvalue weighted by atomic mass is 31.1. The maximum atomic E-state index is 2.43. The molecule has 36 heavy (non-hydrogen) atoms. The zero-order valence-corrected chi connectivity index (χ0v) is 21.0. The molecule has 0 saturated heterocycles. The minimum Gasteiger partial charge on any atom is -0.0790 e. The second-order valence-electron chi connectivity index (χ2n) is 8.98. The molecule has 0 heterocycles. The molecule has 0 aliphatic rings. The first kappa shape index (κ1) is 22.5. The van der Waals surface area contributed by atoms with E-state index in [0.717, 1.165) is 6.42 Å². The van der Waals surface area contributed by atoms with Crippen LogP contribution in [-0.2, 0) is 6.42 Å². The van der Waals surface area contributed by atoms with Gasteiger partial charge in [-0.15, -0.1) is 0 Å². The second-order valence-corrected chi connectivity index (χ2v) is 11.0. The zero-order chi connectivity index (χ0) is 24.2. The van der Waals surface area contributed by atoms with E-state index >= 15 is 0 Å². The zero-order valence-electron chi connectivity index (χ0n) is 20.1. The van der Waals surface area contributed by atoms with Gasteiger partial charge in [-0.05, 0) is 63.2 Å². The van der Waals surface area contributed by atoms with Crippen LogP contribution in [0.5, 0.6) is 0 Å². The summed E-state index contributed by atoms with van der Waals surface area (Å²) in [7, 11) is -0.554. The average Bonchev–Trinajstić information content (AvgIpc) is 2.96. The summed E-state index contributed by atoms with van der Waals surface area (Å²) >= 11 is 0. The standard InChI is InChI=1S/C35H27P/c1-3-17-30(18-4-1)36(31-19-5-2-6-20-31)26-12-16-29-25-24-28-14-8-10-22-33(28)35(29)34-23-11-15-27-13-7-9-21-32(27)34/h1-15,17-26H,16H2. The molecule has 0 radical (unpaired) electrons. The molecule has 0 spiro atoms. The van der Waals surface area contributed by atoms with E-state index in [0.29, 0.717) is 0 Å². The van der Waals surface area contributed by atoms with Crippen molar-refractivity contribution in [2.24, 2.45) is 0 Å². The van der Waals surface area contributed by atoms with E-state index in [1.165, 1.54) is 48.8 Å². The topological polar surface area (TPSA) is 0 Å². The lowest BCUT2D eigenvalue weighted by Crippen LogP contribution is -2.09. The fourth-order valence-corrected chi connectivity index (χ4v) is 6.98. The van der Waals surface area contributed by atoms with Gasteiger partial charge < -0.3 is 0 Å². The molecule has 172 valence electrons. The van der Waals surface area contributed by atoms with Crippen LogP contribution in [0.3, 0.4) is 0 Å². The van der Waals surface area contributed by atoms with E-state index in [4.69, 9.17) is 0 Å². The molecule has 0 amide bonds. The third-order valence-electron chi connectivity index (χ3n) is 6.74. The maximum Gasteiger partial charge on any atom is -0.00639 e. The van der Waals surface area contributed by atoms with Crippen molar-refractivity contribution in [2.75, 3.05) is 0 Å². The Kier molecular flexibility index (Phi) is 6.44. The van der Waals surface area contributed by atoms with E-state index in [2.05, 4.69) is 151 Å². The van der Waals surface area contributed by atoms with Crippen LogP contribution >= 0.6 is 7.92 Å². The highest BCUT2D eigenvalue weighted by Crippen LogP contribution is 2.38. The molecular formula is C35H27P. The van der Waals surface area contributed by atoms with Gasteiger partial charge >= 0.3 is 0 Å². The summed E-state index contributed by atoms with van der Waals surface area (Å²) in [6, 6.07) is 50.5. The first-order chi connectivity index (χ1) is 17.9. The number of fused-ring (bicyclic) bond motifs is 2. The fourth-order valence-electron chi connectivity index (χ4n) is 5.03. The highest BCUT2D eigenvalue weighted by Gasteiger charge is 2.13. The predicted molar refractivity (Wildman–Crippen MR) is 159 cm³/mol. The van der Waals surface area contributed by atoms with Crippen LogP contribution in [0.15, 0.2) is 151 Å². The van der Waals surface area contributed by atoms with Crippen LogP contribution in [0.25, 0.3) is 32.7 Å². The molecule has 6 aromatic carbocycles. The van der Waals surface area contributed by atoms with Crippen LogP contribution in [0.4, 0.5) is 0 Å². The van der Waals surface area contributed by atoms with Gasteiger partial charge in [0.1, 0.15) is 0 Å². The molecule has 6 rings (SSSR count). The van der Waals surface area contributed by atoms with E-state index < -0.39 is 7.92 Å². The normalized spacial score (nSPS) is 11.6. The van der Waals surface area contributed by atoms with Crippen molar-refractivity contribution in [3.63, 3.8) is 0 Å². The molecule has 0 aliphatic carbocycles. The SMILES string of the molecule is C(=CP(c1ccccc1)c1ccccc1)Cc1ccc2ccccc2c1-c1cccc2ccccc12. The van der Waals surface area contributed by atoms with E-state index in [9.17, 15) is 0 Å². The molecule has 6 aromatic rings. The van der Waals surface area contributed by atoms with Gasteiger partial charge in [-0.1, -0.05) is 151 Å². The monoisotopic (exact) mass is 478 g/mol. The minimum absolute atomic E-state index is 0.554. The maximum absolute atomic E-state index is 2.43. The summed E-state index contributed by atoms with van der Waals surface area (Å²) in [4.78, 5) is 0. The van der Waals surface area contributed by atoms with Crippen LogP contribution < -0.4 is 10.6 Å². The summed E-state index contributed by atoms with van der Waals surface area (Å²) in [5.74, 6) is 2.43. The molecule has 0 nitrogen and oxygen atoms in total. The van der Waals surface area contributed by atoms with Crippen molar-refractivity contribution in [3.05, 3.63) is 157 Å². The fraction of sp³-hybridized carbons (Fsp3) is 0.0286. The van der Waals surface area contributed by atoms with E-state index in [-0.39, 0.29) is 0 Å². The van der Waals surface area contributed by atoms with Gasteiger partial charge in [0.15, 0.2) is 0 Å². The van der Waals surface area contributed by atoms with Crippen molar-refractivity contribution < 1.29 is 0 Å². The van der Waals surface area contributed by atoms with Gasteiger partial charge in [-0.3, -0.25) is 0 Å². The Morgan fingerprint density at radius 1 is 0.472 bits per heavy atom. The summed E-state index contributed by atoms with van der Waals surface area (Å²) in [5.41, 5.74) is 4.01. The number of rotatable bonds is 6. The highest BCUT2D eigenvalue weighted by molar-refractivity contribution is 7.75. The molecule has 1 heteroatoms. The molecule has 0 saturated carbocycles. The lowest BCUT2D eigenvalue weighted by atomic mass is 9.89. The van der Waals surface area contributed by atoms with Crippen molar-refractivity contribution >= 4 is 40.1 Å². The molecule has 0 atom stereocenters. The second kappa shape index (κ2) is 10.3. The summed E-state index contributed by atoms with van der Waals surface area (Å²) in [6.07, 6.45) is 3.27. The third kappa shape index (κ3) is 4.49. The molecule has 0 aliphatic heterocycles. The number of benzene rings is 6. The van der Waals surface area contributed by atoms with Crippen molar-refractivity contribution in [3.8, 4) is 11.1 Å². The lowest BCUT2D eigenvalue weighted by Gasteiger charge is -2.16. The van der Waals surface area contributed by atoms with Crippen molar-refractivity contribution in [2.45, 2.75) is 6.42 Å². The average molecular weight is 479 g/mol. The third-order valence-corrected chi connectivity index (χ3v) is 8.95. The lowest BCUT2D eigenvalue weighted by molar-refractivity contribution is 1.29. The first-order valence-corrected chi connectivity index (χ1v) is 13.8. The summed E-state index contributed by atoms with van der Waals surface area (Å²) in [6.45, 7) is 0. The van der Waals surface area contributed by atoms with Gasteiger partial charge in [0.25, 0.3) is 0 Å². The quantitative estimate of drug-likeness (QED) is 0.210. The number of allylic oxidation sites excluding steroid dienone is 1. The number of hydrogen-bond donors (Lipinski definition) is 0. The van der Waals surface area contributed by atoms with Crippen LogP contribution in [0, 0.1) is 0 Å². The van der Waals surface area contributed by atoms with Crippen LogP contribution in [0.2, 0.25) is 0 Å². The van der Waals surface area contributed by atoms with Gasteiger partial charge in [-0.25, -0.2) is 0 Å². The Labute approximate surface area is 214 Å². The Morgan fingerprint density at radius 3 is 1.72 bits per heavy atom. The van der Waals surface area contributed by atoms with E-state index in [1.54, 1.807) is 0 Å². The minimum atomic E-state index is -0.554. The Morgan fingerprint density at radius 2 is 1.03 bits per heavy atom.